The number of furan rings is 1. The molecule has 6 heteroatoms. The molecule has 0 aromatic carbocycles. The number of ether oxygens (including phenoxy) is 1. The Morgan fingerprint density at radius 1 is 1.73 bits per heavy atom. The van der Waals surface area contributed by atoms with Gasteiger partial charge in [-0.3, -0.25) is 4.79 Å². The highest BCUT2D eigenvalue weighted by Gasteiger charge is 2.15. The summed E-state index contributed by atoms with van der Waals surface area (Å²) in [6, 6.07) is 2.48. The third-order valence-electron chi connectivity index (χ3n) is 1.72. The zero-order chi connectivity index (χ0) is 11.3. The van der Waals surface area contributed by atoms with Gasteiger partial charge in [0.15, 0.2) is 11.0 Å². The number of amides is 1. The first-order valence-electron chi connectivity index (χ1n) is 4.33. The predicted octanol–water partition coefficient (Wildman–Crippen LogP) is 0.670. The Balaban J connectivity index is 2.54. The highest BCUT2D eigenvalue weighted by molar-refractivity contribution is 6.29. The van der Waals surface area contributed by atoms with Crippen LogP contribution in [0.1, 0.15) is 10.6 Å². The van der Waals surface area contributed by atoms with Crippen molar-refractivity contribution >= 4 is 17.5 Å². The van der Waals surface area contributed by atoms with Crippen molar-refractivity contribution in [2.45, 2.75) is 6.04 Å². The number of aliphatic hydroxyl groups excluding tert-OH is 1. The van der Waals surface area contributed by atoms with E-state index in [0.717, 1.165) is 0 Å². The molecule has 5 nitrogen and oxygen atoms in total. The van der Waals surface area contributed by atoms with Crippen LogP contribution in [0.2, 0.25) is 5.22 Å². The molecule has 0 spiro atoms. The Morgan fingerprint density at radius 3 is 2.93 bits per heavy atom. The molecular formula is C9H12ClNO4. The van der Waals surface area contributed by atoms with E-state index in [0.29, 0.717) is 0 Å². The van der Waals surface area contributed by atoms with Crippen LogP contribution in [-0.4, -0.2) is 37.4 Å². The summed E-state index contributed by atoms with van der Waals surface area (Å²) in [5, 5.41) is 11.6. The molecule has 84 valence electrons. The van der Waals surface area contributed by atoms with E-state index in [1.54, 1.807) is 0 Å². The Bertz CT molecular complexity index is 326. The number of carbonyl (C=O) groups is 1. The van der Waals surface area contributed by atoms with Crippen molar-refractivity contribution in [1.29, 1.82) is 0 Å². The van der Waals surface area contributed by atoms with Gasteiger partial charge in [0.1, 0.15) is 0 Å². The van der Waals surface area contributed by atoms with E-state index in [2.05, 4.69) is 5.32 Å². The van der Waals surface area contributed by atoms with Crippen molar-refractivity contribution in [2.75, 3.05) is 20.3 Å². The summed E-state index contributed by atoms with van der Waals surface area (Å²) in [5.74, 6) is -0.326. The minimum atomic E-state index is -0.452. The Morgan fingerprint density at radius 2 is 2.47 bits per heavy atom. The first-order valence-corrected chi connectivity index (χ1v) is 4.71. The summed E-state index contributed by atoms with van der Waals surface area (Å²) >= 11 is 5.52. The van der Waals surface area contributed by atoms with Gasteiger partial charge in [-0.05, 0) is 23.7 Å². The van der Waals surface area contributed by atoms with Gasteiger partial charge in [0, 0.05) is 7.11 Å². The molecule has 1 aromatic rings. The van der Waals surface area contributed by atoms with Crippen molar-refractivity contribution in [3.05, 3.63) is 23.1 Å². The van der Waals surface area contributed by atoms with E-state index in [-0.39, 0.29) is 24.2 Å². The van der Waals surface area contributed by atoms with E-state index in [1.807, 2.05) is 0 Å². The quantitative estimate of drug-likeness (QED) is 0.784. The fourth-order valence-electron chi connectivity index (χ4n) is 1.03. The topological polar surface area (TPSA) is 71.7 Å². The smallest absolute Gasteiger partial charge is 0.287 e. The van der Waals surface area contributed by atoms with Gasteiger partial charge >= 0.3 is 0 Å². The molecule has 0 aliphatic heterocycles. The second-order valence-corrected chi connectivity index (χ2v) is 3.28. The van der Waals surface area contributed by atoms with E-state index in [4.69, 9.17) is 25.9 Å². The van der Waals surface area contributed by atoms with Gasteiger partial charge in [-0.2, -0.15) is 0 Å². The average Bonchev–Trinajstić information content (AvgIpc) is 2.64. The third kappa shape index (κ3) is 3.54. The van der Waals surface area contributed by atoms with Crippen molar-refractivity contribution < 1.29 is 19.1 Å². The molecule has 2 N–H and O–H groups in total. The number of halogens is 1. The van der Waals surface area contributed by atoms with Crippen LogP contribution in [0.25, 0.3) is 0 Å². The highest BCUT2D eigenvalue weighted by Crippen LogP contribution is 2.12. The molecular weight excluding hydrogens is 222 g/mol. The van der Waals surface area contributed by atoms with Crippen LogP contribution in [0.3, 0.4) is 0 Å². The molecule has 0 saturated heterocycles. The van der Waals surface area contributed by atoms with Crippen LogP contribution in [0.5, 0.6) is 0 Å². The monoisotopic (exact) mass is 233 g/mol. The summed E-state index contributed by atoms with van der Waals surface area (Å²) < 4.78 is 9.71. The van der Waals surface area contributed by atoms with Gasteiger partial charge in [-0.1, -0.05) is 0 Å². The van der Waals surface area contributed by atoms with E-state index in [1.165, 1.54) is 19.2 Å². The Labute approximate surface area is 92.0 Å². The lowest BCUT2D eigenvalue weighted by atomic mass is 10.3. The SMILES string of the molecule is COCC(CO)NC(=O)c1ccc(Cl)o1. The van der Waals surface area contributed by atoms with Crippen molar-refractivity contribution in [2.24, 2.45) is 0 Å². The number of rotatable bonds is 5. The van der Waals surface area contributed by atoms with E-state index < -0.39 is 11.9 Å². The lowest BCUT2D eigenvalue weighted by molar-refractivity contribution is 0.0814. The Hall–Kier alpha value is -1.04. The van der Waals surface area contributed by atoms with Gasteiger partial charge < -0.3 is 19.6 Å². The molecule has 1 heterocycles. The Kier molecular flexibility index (Phi) is 4.61. The summed E-state index contributed by atoms with van der Waals surface area (Å²) in [4.78, 5) is 11.5. The number of carbonyl (C=O) groups excluding carboxylic acids is 1. The fourth-order valence-corrected chi connectivity index (χ4v) is 1.18. The number of hydrogen-bond donors (Lipinski definition) is 2. The molecule has 0 fully saturated rings. The first kappa shape index (κ1) is 12.0. The third-order valence-corrected chi connectivity index (χ3v) is 1.92. The second kappa shape index (κ2) is 5.75. The minimum Gasteiger partial charge on any atom is -0.440 e. The van der Waals surface area contributed by atoms with Crippen LogP contribution < -0.4 is 5.32 Å². The van der Waals surface area contributed by atoms with Crippen molar-refractivity contribution in [3.8, 4) is 0 Å². The maximum Gasteiger partial charge on any atom is 0.287 e. The molecule has 0 aliphatic carbocycles. The van der Waals surface area contributed by atoms with E-state index >= 15 is 0 Å². The van der Waals surface area contributed by atoms with Gasteiger partial charge in [0.25, 0.3) is 5.91 Å². The van der Waals surface area contributed by atoms with Crippen molar-refractivity contribution in [3.63, 3.8) is 0 Å². The zero-order valence-corrected chi connectivity index (χ0v) is 8.95. The standard InChI is InChI=1S/C9H12ClNO4/c1-14-5-6(4-12)11-9(13)7-2-3-8(10)15-7/h2-3,6,12H,4-5H2,1H3,(H,11,13). The van der Waals surface area contributed by atoms with Gasteiger partial charge in [0.05, 0.1) is 19.3 Å². The number of nitrogens with one attached hydrogen (secondary N) is 1. The molecule has 0 aliphatic rings. The van der Waals surface area contributed by atoms with Gasteiger partial charge in [0.2, 0.25) is 0 Å². The van der Waals surface area contributed by atoms with Crippen LogP contribution >= 0.6 is 11.6 Å². The highest BCUT2D eigenvalue weighted by atomic mass is 35.5. The number of methoxy groups -OCH3 is 1. The molecule has 1 amide bonds. The van der Waals surface area contributed by atoms with Gasteiger partial charge in [-0.25, -0.2) is 0 Å². The second-order valence-electron chi connectivity index (χ2n) is 2.91. The summed E-state index contributed by atoms with van der Waals surface area (Å²) in [5.41, 5.74) is 0. The lowest BCUT2D eigenvalue weighted by Crippen LogP contribution is -2.40. The molecule has 1 atom stereocenters. The van der Waals surface area contributed by atoms with Crippen LogP contribution in [0.15, 0.2) is 16.5 Å². The van der Waals surface area contributed by atoms with Crippen LogP contribution in [-0.2, 0) is 4.74 Å². The zero-order valence-electron chi connectivity index (χ0n) is 8.20. The molecule has 0 bridgehead atoms. The van der Waals surface area contributed by atoms with Crippen LogP contribution in [0.4, 0.5) is 0 Å². The maximum atomic E-state index is 11.5. The molecule has 0 saturated carbocycles. The van der Waals surface area contributed by atoms with Gasteiger partial charge in [-0.15, -0.1) is 0 Å². The number of aliphatic hydroxyl groups is 1. The molecule has 1 unspecified atom stereocenters. The fraction of sp³-hybridized carbons (Fsp3) is 0.444. The average molecular weight is 234 g/mol. The predicted molar refractivity (Wildman–Crippen MR) is 53.9 cm³/mol. The minimum absolute atomic E-state index is 0.106. The van der Waals surface area contributed by atoms with Crippen molar-refractivity contribution in [1.82, 2.24) is 5.32 Å². The largest absolute Gasteiger partial charge is 0.440 e. The maximum absolute atomic E-state index is 11.5. The molecule has 1 rings (SSSR count). The first-order chi connectivity index (χ1) is 7.17. The van der Waals surface area contributed by atoms with Crippen LogP contribution in [0, 0.1) is 0 Å². The summed E-state index contributed by atoms with van der Waals surface area (Å²) in [6.07, 6.45) is 0. The molecule has 0 radical (unpaired) electrons. The summed E-state index contributed by atoms with van der Waals surface area (Å²) in [6.45, 7) is 0.0324. The molecule has 1 aromatic heterocycles. The van der Waals surface area contributed by atoms with E-state index in [9.17, 15) is 4.79 Å². The molecule has 15 heavy (non-hydrogen) atoms. The lowest BCUT2D eigenvalue weighted by Gasteiger charge is -2.13. The number of hydrogen-bond acceptors (Lipinski definition) is 4. The summed E-state index contributed by atoms with van der Waals surface area (Å²) in [7, 11) is 1.48. The normalized spacial score (nSPS) is 12.5.